The highest BCUT2D eigenvalue weighted by molar-refractivity contribution is 6.09. The second kappa shape index (κ2) is 10.7. The van der Waals surface area contributed by atoms with Crippen molar-refractivity contribution in [3.05, 3.63) is 89.0 Å². The van der Waals surface area contributed by atoms with Gasteiger partial charge in [-0.05, 0) is 55.0 Å². The molecule has 3 rings (SSSR count). The van der Waals surface area contributed by atoms with Crippen LogP contribution in [0.3, 0.4) is 0 Å². The van der Waals surface area contributed by atoms with E-state index in [2.05, 4.69) is 5.32 Å². The molecule has 32 heavy (non-hydrogen) atoms. The quantitative estimate of drug-likeness (QED) is 0.397. The summed E-state index contributed by atoms with van der Waals surface area (Å²) in [6.45, 7) is 2.50. The molecule has 0 saturated carbocycles. The van der Waals surface area contributed by atoms with Crippen LogP contribution in [0.15, 0.2) is 72.3 Å². The Labute approximate surface area is 187 Å². The summed E-state index contributed by atoms with van der Waals surface area (Å²) >= 11 is 0. The first-order valence-electron chi connectivity index (χ1n) is 9.96. The molecule has 0 radical (unpaired) electrons. The number of benzene rings is 3. The van der Waals surface area contributed by atoms with Crippen LogP contribution in [-0.4, -0.2) is 20.1 Å². The minimum absolute atomic E-state index is 0.0480. The number of nitriles is 1. The monoisotopic (exact) mass is 428 g/mol. The van der Waals surface area contributed by atoms with Crippen molar-refractivity contribution in [2.24, 2.45) is 0 Å². The van der Waals surface area contributed by atoms with E-state index < -0.39 is 5.91 Å². The molecule has 3 aromatic carbocycles. The predicted octanol–water partition coefficient (Wildman–Crippen LogP) is 5.14. The minimum atomic E-state index is -0.515. The van der Waals surface area contributed by atoms with Gasteiger partial charge in [0.2, 0.25) is 0 Å². The number of anilines is 1. The van der Waals surface area contributed by atoms with Gasteiger partial charge in [0.25, 0.3) is 5.91 Å². The Morgan fingerprint density at radius 3 is 2.28 bits per heavy atom. The number of hydrogen-bond acceptors (Lipinski definition) is 5. The summed E-state index contributed by atoms with van der Waals surface area (Å²) in [6, 6.07) is 22.2. The lowest BCUT2D eigenvalue weighted by Crippen LogP contribution is -2.13. The number of rotatable bonds is 8. The highest BCUT2D eigenvalue weighted by atomic mass is 16.5. The summed E-state index contributed by atoms with van der Waals surface area (Å²) in [7, 11) is 3.07. The lowest BCUT2D eigenvalue weighted by molar-refractivity contribution is -0.112. The van der Waals surface area contributed by atoms with Gasteiger partial charge >= 0.3 is 0 Å². The fraction of sp³-hybridized carbons (Fsp3) is 0.154. The first kappa shape index (κ1) is 22.4. The number of carbonyl (C=O) groups excluding carboxylic acids is 1. The molecule has 162 valence electrons. The van der Waals surface area contributed by atoms with Crippen LogP contribution in [0.1, 0.15) is 16.7 Å². The highest BCUT2D eigenvalue weighted by Crippen LogP contribution is 2.27. The second-order valence-electron chi connectivity index (χ2n) is 7.03. The average molecular weight is 428 g/mol. The Balaban J connectivity index is 1.65. The molecule has 0 spiro atoms. The van der Waals surface area contributed by atoms with Crippen LogP contribution in [0, 0.1) is 18.3 Å². The van der Waals surface area contributed by atoms with Crippen molar-refractivity contribution in [3.63, 3.8) is 0 Å². The SMILES string of the molecule is COc1ccc(/C=C(\C#N)C(=O)Nc2ccc(OCc3ccc(C)cc3)cc2)c(OC)c1. The van der Waals surface area contributed by atoms with E-state index in [0.29, 0.717) is 35.1 Å². The predicted molar refractivity (Wildman–Crippen MR) is 124 cm³/mol. The van der Waals surface area contributed by atoms with Gasteiger partial charge in [-0.15, -0.1) is 0 Å². The average Bonchev–Trinajstić information content (AvgIpc) is 2.83. The van der Waals surface area contributed by atoms with E-state index in [1.165, 1.54) is 18.7 Å². The van der Waals surface area contributed by atoms with Crippen molar-refractivity contribution >= 4 is 17.7 Å². The molecule has 1 N–H and O–H groups in total. The number of methoxy groups -OCH3 is 2. The second-order valence-corrected chi connectivity index (χ2v) is 7.03. The van der Waals surface area contributed by atoms with Gasteiger partial charge in [0.1, 0.15) is 35.5 Å². The Kier molecular flexibility index (Phi) is 7.50. The number of ether oxygens (including phenoxy) is 3. The maximum atomic E-state index is 12.6. The van der Waals surface area contributed by atoms with E-state index in [1.54, 1.807) is 49.6 Å². The van der Waals surface area contributed by atoms with Crippen molar-refractivity contribution < 1.29 is 19.0 Å². The minimum Gasteiger partial charge on any atom is -0.497 e. The molecule has 6 heteroatoms. The zero-order chi connectivity index (χ0) is 22.9. The third-order valence-corrected chi connectivity index (χ3v) is 4.74. The maximum absolute atomic E-state index is 12.6. The molecule has 0 fully saturated rings. The van der Waals surface area contributed by atoms with E-state index in [4.69, 9.17) is 14.2 Å². The molecule has 0 saturated heterocycles. The van der Waals surface area contributed by atoms with E-state index in [1.807, 2.05) is 37.3 Å². The molecular formula is C26H24N2O4. The van der Waals surface area contributed by atoms with Gasteiger partial charge in [0, 0.05) is 17.3 Å². The van der Waals surface area contributed by atoms with Gasteiger partial charge in [0.05, 0.1) is 14.2 Å². The van der Waals surface area contributed by atoms with E-state index in [9.17, 15) is 10.1 Å². The van der Waals surface area contributed by atoms with E-state index in [-0.39, 0.29) is 5.57 Å². The van der Waals surface area contributed by atoms with E-state index in [0.717, 1.165) is 5.56 Å². The summed E-state index contributed by atoms with van der Waals surface area (Å²) < 4.78 is 16.3. The Morgan fingerprint density at radius 2 is 1.66 bits per heavy atom. The lowest BCUT2D eigenvalue weighted by Gasteiger charge is -2.09. The standard InChI is InChI=1S/C26H24N2O4/c1-18-4-6-19(7-5-18)17-32-23-12-9-22(10-13-23)28-26(29)21(16-27)14-20-8-11-24(30-2)15-25(20)31-3/h4-15H,17H2,1-3H3,(H,28,29)/b21-14+. The number of nitrogens with zero attached hydrogens (tertiary/aromatic N) is 1. The molecule has 0 aromatic heterocycles. The van der Waals surface area contributed by atoms with Crippen molar-refractivity contribution in [1.29, 1.82) is 5.26 Å². The third kappa shape index (κ3) is 5.89. The topological polar surface area (TPSA) is 80.6 Å². The summed E-state index contributed by atoms with van der Waals surface area (Å²) in [5.41, 5.74) is 3.38. The normalized spacial score (nSPS) is 10.8. The fourth-order valence-electron chi connectivity index (χ4n) is 2.93. The molecule has 0 bridgehead atoms. The van der Waals surface area contributed by atoms with Crippen LogP contribution in [0.4, 0.5) is 5.69 Å². The van der Waals surface area contributed by atoms with Gasteiger partial charge in [-0.3, -0.25) is 4.79 Å². The number of carbonyl (C=O) groups is 1. The third-order valence-electron chi connectivity index (χ3n) is 4.74. The molecule has 1 amide bonds. The molecule has 0 aliphatic carbocycles. The zero-order valence-electron chi connectivity index (χ0n) is 18.2. The Hall–Kier alpha value is -4.24. The summed E-state index contributed by atoms with van der Waals surface area (Å²) in [5, 5.41) is 12.2. The maximum Gasteiger partial charge on any atom is 0.266 e. The summed E-state index contributed by atoms with van der Waals surface area (Å²) in [5.74, 6) is 1.29. The number of nitrogens with one attached hydrogen (secondary N) is 1. The van der Waals surface area contributed by atoms with E-state index >= 15 is 0 Å². The van der Waals surface area contributed by atoms with Crippen molar-refractivity contribution in [2.75, 3.05) is 19.5 Å². The smallest absolute Gasteiger partial charge is 0.266 e. The first-order valence-corrected chi connectivity index (χ1v) is 9.96. The molecular weight excluding hydrogens is 404 g/mol. The van der Waals surface area contributed by atoms with Crippen LogP contribution < -0.4 is 19.5 Å². The first-order chi connectivity index (χ1) is 15.5. The number of hydrogen-bond donors (Lipinski definition) is 1. The Bertz CT molecular complexity index is 1140. The van der Waals surface area contributed by atoms with Crippen LogP contribution in [-0.2, 0) is 11.4 Å². The summed E-state index contributed by atoms with van der Waals surface area (Å²) in [6.07, 6.45) is 1.48. The fourth-order valence-corrected chi connectivity index (χ4v) is 2.93. The van der Waals surface area contributed by atoms with Crippen LogP contribution in [0.5, 0.6) is 17.2 Å². The molecule has 0 unspecified atom stereocenters. The van der Waals surface area contributed by atoms with Gasteiger partial charge < -0.3 is 19.5 Å². The zero-order valence-corrected chi connectivity index (χ0v) is 18.2. The molecule has 0 heterocycles. The van der Waals surface area contributed by atoms with Crippen LogP contribution >= 0.6 is 0 Å². The van der Waals surface area contributed by atoms with Crippen LogP contribution in [0.25, 0.3) is 6.08 Å². The number of aryl methyl sites for hydroxylation is 1. The van der Waals surface area contributed by atoms with Crippen molar-refractivity contribution in [1.82, 2.24) is 0 Å². The van der Waals surface area contributed by atoms with Crippen LogP contribution in [0.2, 0.25) is 0 Å². The molecule has 6 nitrogen and oxygen atoms in total. The molecule has 3 aromatic rings. The largest absolute Gasteiger partial charge is 0.497 e. The highest BCUT2D eigenvalue weighted by Gasteiger charge is 2.12. The van der Waals surface area contributed by atoms with Gasteiger partial charge in [-0.1, -0.05) is 29.8 Å². The molecule has 0 aliphatic rings. The summed E-state index contributed by atoms with van der Waals surface area (Å²) in [4.78, 5) is 12.6. The van der Waals surface area contributed by atoms with Gasteiger partial charge in [-0.2, -0.15) is 5.26 Å². The van der Waals surface area contributed by atoms with Gasteiger partial charge in [-0.25, -0.2) is 0 Å². The van der Waals surface area contributed by atoms with Crippen molar-refractivity contribution in [3.8, 4) is 23.3 Å². The Morgan fingerprint density at radius 1 is 0.969 bits per heavy atom. The lowest BCUT2D eigenvalue weighted by atomic mass is 10.1. The number of amides is 1. The molecule has 0 aliphatic heterocycles. The van der Waals surface area contributed by atoms with Gasteiger partial charge in [0.15, 0.2) is 0 Å². The molecule has 0 atom stereocenters. The van der Waals surface area contributed by atoms with Crippen molar-refractivity contribution in [2.45, 2.75) is 13.5 Å².